The molecule has 0 bridgehead atoms. The zero-order chi connectivity index (χ0) is 62.8. The summed E-state index contributed by atoms with van der Waals surface area (Å²) in [7, 11) is 0. The van der Waals surface area contributed by atoms with Crippen molar-refractivity contribution in [1.29, 1.82) is 0 Å². The predicted octanol–water partition coefficient (Wildman–Crippen LogP) is 26.2. The van der Waals surface area contributed by atoms with Crippen LogP contribution in [0, 0.1) is 0 Å². The van der Waals surface area contributed by atoms with E-state index < -0.39 is 12.1 Å². The molecule has 0 rings (SSSR count). The molecule has 3 N–H and O–H groups in total. The summed E-state index contributed by atoms with van der Waals surface area (Å²) in [6, 6.07) is -0.626. The molecule has 0 saturated heterocycles. The van der Waals surface area contributed by atoms with Gasteiger partial charge in [-0.25, -0.2) is 0 Å². The predicted molar refractivity (Wildman–Crippen MR) is 384 cm³/mol. The number of ether oxygens (including phenoxy) is 1. The number of rotatable bonds is 75. The van der Waals surface area contributed by atoms with Crippen LogP contribution in [0.4, 0.5) is 0 Å². The second kappa shape index (κ2) is 76.5. The van der Waals surface area contributed by atoms with Gasteiger partial charge >= 0.3 is 5.97 Å². The Morgan fingerprint density at radius 3 is 0.885 bits per heavy atom. The van der Waals surface area contributed by atoms with Gasteiger partial charge in [-0.1, -0.05) is 403 Å². The Bertz CT molecular complexity index is 1410. The molecule has 0 saturated carbocycles. The third kappa shape index (κ3) is 73.0. The number of allylic oxidation sites excluding steroid dienone is 5. The lowest BCUT2D eigenvalue weighted by molar-refractivity contribution is -0.143. The minimum atomic E-state index is -0.843. The third-order valence-corrected chi connectivity index (χ3v) is 18.7. The van der Waals surface area contributed by atoms with Crippen LogP contribution in [-0.4, -0.2) is 47.4 Å². The average molecular weight is 1220 g/mol. The van der Waals surface area contributed by atoms with Crippen LogP contribution in [0.5, 0.6) is 0 Å². The van der Waals surface area contributed by atoms with Crippen molar-refractivity contribution in [1.82, 2.24) is 5.32 Å². The number of esters is 1. The molecule has 514 valence electrons. The van der Waals surface area contributed by atoms with Crippen LogP contribution in [0.3, 0.4) is 0 Å². The van der Waals surface area contributed by atoms with Gasteiger partial charge in [-0.3, -0.25) is 9.59 Å². The quantitative estimate of drug-likeness (QED) is 0.0320. The summed E-state index contributed by atoms with van der Waals surface area (Å²) < 4.78 is 5.51. The molecule has 6 nitrogen and oxygen atoms in total. The number of hydrogen-bond acceptors (Lipinski definition) is 5. The smallest absolute Gasteiger partial charge is 0.305 e. The molecule has 0 heterocycles. The van der Waals surface area contributed by atoms with Crippen LogP contribution in [0.25, 0.3) is 0 Å². The fraction of sp³-hybridized carbons (Fsp3) is 0.901. The molecule has 1 amide bonds. The first kappa shape index (κ1) is 85.1. The molecular formula is C81H155NO5. The Morgan fingerprint density at radius 1 is 0.322 bits per heavy atom. The van der Waals surface area contributed by atoms with Crippen LogP contribution in [0.2, 0.25) is 0 Å². The number of amides is 1. The lowest BCUT2D eigenvalue weighted by Gasteiger charge is -2.20. The van der Waals surface area contributed by atoms with E-state index in [9.17, 15) is 19.8 Å². The maximum absolute atomic E-state index is 12.5. The van der Waals surface area contributed by atoms with Gasteiger partial charge in [0.15, 0.2) is 0 Å². The monoisotopic (exact) mass is 1220 g/mol. The molecule has 6 heteroatoms. The maximum Gasteiger partial charge on any atom is 0.305 e. The van der Waals surface area contributed by atoms with Gasteiger partial charge in [-0.2, -0.15) is 0 Å². The minimum absolute atomic E-state index is 0.0132. The minimum Gasteiger partial charge on any atom is -0.466 e. The van der Waals surface area contributed by atoms with Crippen molar-refractivity contribution in [3.05, 3.63) is 36.5 Å². The van der Waals surface area contributed by atoms with Gasteiger partial charge in [0.1, 0.15) is 0 Å². The van der Waals surface area contributed by atoms with E-state index in [2.05, 4.69) is 43.5 Å². The van der Waals surface area contributed by atoms with Crippen LogP contribution in [-0.2, 0) is 14.3 Å². The number of nitrogens with one attached hydrogen (secondary N) is 1. The van der Waals surface area contributed by atoms with Crippen LogP contribution in [0.15, 0.2) is 36.5 Å². The number of hydrogen-bond donors (Lipinski definition) is 3. The molecule has 87 heavy (non-hydrogen) atoms. The normalized spacial score (nSPS) is 12.6. The van der Waals surface area contributed by atoms with Gasteiger partial charge in [0, 0.05) is 12.8 Å². The highest BCUT2D eigenvalue weighted by Crippen LogP contribution is 2.20. The van der Waals surface area contributed by atoms with Crippen molar-refractivity contribution in [2.45, 2.75) is 456 Å². The number of carbonyl (C=O) groups excluding carboxylic acids is 2. The first-order valence-corrected chi connectivity index (χ1v) is 39.8. The molecule has 0 aliphatic heterocycles. The zero-order valence-electron chi connectivity index (χ0n) is 59.0. The van der Waals surface area contributed by atoms with Gasteiger partial charge in [-0.15, -0.1) is 0 Å². The molecule has 0 aromatic carbocycles. The second-order valence-corrected chi connectivity index (χ2v) is 27.4. The number of aliphatic hydroxyl groups is 2. The highest BCUT2D eigenvalue weighted by molar-refractivity contribution is 5.76. The van der Waals surface area contributed by atoms with Crippen molar-refractivity contribution < 1.29 is 24.5 Å². The van der Waals surface area contributed by atoms with Crippen LogP contribution < -0.4 is 5.32 Å². The van der Waals surface area contributed by atoms with Gasteiger partial charge in [0.25, 0.3) is 0 Å². The van der Waals surface area contributed by atoms with Crippen LogP contribution in [0.1, 0.15) is 444 Å². The molecule has 0 radical (unpaired) electrons. The molecule has 2 unspecified atom stereocenters. The standard InChI is InChI=1S/C81H155NO5/c1-3-5-7-9-11-13-15-17-19-21-23-24-35-38-41-45-49-53-57-61-65-69-73-79(84)78(77-83)82-80(85)74-70-66-62-58-54-50-46-42-39-36-33-31-29-27-25-26-28-30-32-34-37-40-44-48-52-56-60-64-68-72-76-87-81(86)75-71-67-63-59-55-51-47-43-22-20-18-16-14-12-10-8-6-4-2/h14,16,20,22,69,73,78-79,83-84H,3-13,15,17-19,21,23-68,70-72,74-77H2,1-2H3,(H,82,85)/b16-14-,22-20-,73-69+. The average Bonchev–Trinajstić information content (AvgIpc) is 3.52. The molecule has 0 aliphatic carbocycles. The third-order valence-electron chi connectivity index (χ3n) is 18.7. The molecule has 2 atom stereocenters. The lowest BCUT2D eigenvalue weighted by Crippen LogP contribution is -2.45. The molecule has 0 spiro atoms. The van der Waals surface area contributed by atoms with E-state index in [0.29, 0.717) is 19.4 Å². The van der Waals surface area contributed by atoms with Gasteiger partial charge in [0.2, 0.25) is 5.91 Å². The second-order valence-electron chi connectivity index (χ2n) is 27.4. The summed E-state index contributed by atoms with van der Waals surface area (Å²) in [4.78, 5) is 24.7. The summed E-state index contributed by atoms with van der Waals surface area (Å²) in [5.74, 6) is -0.0462. The number of aliphatic hydroxyl groups excluding tert-OH is 2. The summed E-state index contributed by atoms with van der Waals surface area (Å²) in [6.07, 6.45) is 99.8. The number of carbonyl (C=O) groups is 2. The Balaban J connectivity index is 3.36. The summed E-state index contributed by atoms with van der Waals surface area (Å²) in [5, 5.41) is 23.3. The van der Waals surface area contributed by atoms with Crippen molar-refractivity contribution in [2.24, 2.45) is 0 Å². The number of unbranched alkanes of at least 4 members (excludes halogenated alkanes) is 60. The van der Waals surface area contributed by atoms with E-state index in [1.165, 1.54) is 366 Å². The first-order valence-electron chi connectivity index (χ1n) is 39.8. The lowest BCUT2D eigenvalue weighted by atomic mass is 10.0. The summed E-state index contributed by atoms with van der Waals surface area (Å²) in [6.45, 7) is 4.93. The first-order chi connectivity index (χ1) is 43.0. The van der Waals surface area contributed by atoms with Crippen molar-refractivity contribution in [2.75, 3.05) is 13.2 Å². The topological polar surface area (TPSA) is 95.9 Å². The highest BCUT2D eigenvalue weighted by atomic mass is 16.5. The zero-order valence-corrected chi connectivity index (χ0v) is 59.0. The largest absolute Gasteiger partial charge is 0.466 e. The van der Waals surface area contributed by atoms with Crippen molar-refractivity contribution in [3.8, 4) is 0 Å². The maximum atomic E-state index is 12.5. The highest BCUT2D eigenvalue weighted by Gasteiger charge is 2.18. The molecule has 0 aliphatic rings. The van der Waals surface area contributed by atoms with E-state index in [-0.39, 0.29) is 18.5 Å². The van der Waals surface area contributed by atoms with E-state index in [1.807, 2.05) is 6.08 Å². The Labute approximate surface area is 544 Å². The van der Waals surface area contributed by atoms with Crippen molar-refractivity contribution in [3.63, 3.8) is 0 Å². The Kier molecular flexibility index (Phi) is 74.8. The van der Waals surface area contributed by atoms with E-state index >= 15 is 0 Å². The Morgan fingerprint density at radius 2 is 0.575 bits per heavy atom. The molecule has 0 aromatic heterocycles. The fourth-order valence-corrected chi connectivity index (χ4v) is 12.6. The molecule has 0 fully saturated rings. The van der Waals surface area contributed by atoms with Crippen molar-refractivity contribution >= 4 is 11.9 Å². The van der Waals surface area contributed by atoms with E-state index in [4.69, 9.17) is 4.74 Å². The van der Waals surface area contributed by atoms with E-state index in [1.54, 1.807) is 6.08 Å². The van der Waals surface area contributed by atoms with Crippen LogP contribution >= 0.6 is 0 Å². The summed E-state index contributed by atoms with van der Waals surface area (Å²) >= 11 is 0. The SMILES string of the molecule is CCCCCC/C=C\C/C=C\CCCCCCCCCC(=O)OCCCCCCCCCCCCCCCCCCCCCCCCCCCCCCCCC(=O)NC(CO)C(O)/C=C/CCCCCCCCCCCCCCCCCCCCCC. The molecule has 0 aromatic rings. The van der Waals surface area contributed by atoms with E-state index in [0.717, 1.165) is 51.4 Å². The van der Waals surface area contributed by atoms with Gasteiger partial charge in [-0.05, 0) is 64.2 Å². The van der Waals surface area contributed by atoms with Gasteiger partial charge < -0.3 is 20.3 Å². The van der Waals surface area contributed by atoms with Gasteiger partial charge in [0.05, 0.1) is 25.4 Å². The molecular weight excluding hydrogens is 1070 g/mol. The fourth-order valence-electron chi connectivity index (χ4n) is 12.6. The summed E-state index contributed by atoms with van der Waals surface area (Å²) in [5.41, 5.74) is 0. The Hall–Kier alpha value is -1.92.